The zero-order chi connectivity index (χ0) is 18.6. The van der Waals surface area contributed by atoms with Gasteiger partial charge in [-0.25, -0.2) is 4.98 Å². The smallest absolute Gasteiger partial charge is 0.361 e. The van der Waals surface area contributed by atoms with Gasteiger partial charge in [-0.15, -0.1) is 15.3 Å². The second-order valence-electron chi connectivity index (χ2n) is 6.48. The average Bonchev–Trinajstić information content (AvgIpc) is 3.26. The van der Waals surface area contributed by atoms with Crippen LogP contribution in [0.4, 0.5) is 19.0 Å². The van der Waals surface area contributed by atoms with Gasteiger partial charge >= 0.3 is 6.18 Å². The summed E-state index contributed by atoms with van der Waals surface area (Å²) in [4.78, 5) is 4.66. The lowest BCUT2D eigenvalue weighted by Crippen LogP contribution is -2.14. The van der Waals surface area contributed by atoms with Gasteiger partial charge in [-0.3, -0.25) is 0 Å². The first-order valence-corrected chi connectivity index (χ1v) is 8.50. The maximum absolute atomic E-state index is 13.0. The van der Waals surface area contributed by atoms with E-state index in [0.717, 1.165) is 29.7 Å². The minimum Gasteiger partial charge on any atom is -0.361 e. The van der Waals surface area contributed by atoms with Crippen molar-refractivity contribution in [2.45, 2.75) is 31.6 Å². The highest BCUT2D eigenvalue weighted by molar-refractivity contribution is 5.76. The Kier molecular flexibility index (Phi) is 3.36. The van der Waals surface area contributed by atoms with Crippen molar-refractivity contribution in [3.8, 4) is 0 Å². The first-order valence-electron chi connectivity index (χ1n) is 8.50. The molecule has 7 nitrogen and oxygen atoms in total. The van der Waals surface area contributed by atoms with E-state index >= 15 is 0 Å². The molecule has 10 heteroatoms. The van der Waals surface area contributed by atoms with Crippen LogP contribution >= 0.6 is 0 Å². The number of halogens is 3. The number of nitrogens with zero attached hydrogens (tertiary/aromatic N) is 6. The van der Waals surface area contributed by atoms with Crippen LogP contribution < -0.4 is 5.32 Å². The highest BCUT2D eigenvalue weighted by atomic mass is 19.4. The summed E-state index contributed by atoms with van der Waals surface area (Å²) in [5, 5.41) is 13.7. The highest BCUT2D eigenvalue weighted by Gasteiger charge is 2.37. The maximum atomic E-state index is 13.0. The third-order valence-electron chi connectivity index (χ3n) is 4.52. The summed E-state index contributed by atoms with van der Waals surface area (Å²) in [7, 11) is 0. The molecule has 1 aliphatic carbocycles. The number of fused-ring (bicyclic) bond motifs is 2. The summed E-state index contributed by atoms with van der Waals surface area (Å²) in [6, 6.07) is 11.3. The molecule has 1 saturated carbocycles. The quantitative estimate of drug-likeness (QED) is 0.593. The van der Waals surface area contributed by atoms with Gasteiger partial charge in [0.15, 0.2) is 5.65 Å². The Hall–Kier alpha value is -3.17. The van der Waals surface area contributed by atoms with Crippen LogP contribution in [0.2, 0.25) is 0 Å². The van der Waals surface area contributed by atoms with Crippen molar-refractivity contribution in [2.24, 2.45) is 0 Å². The van der Waals surface area contributed by atoms with Crippen LogP contribution in [0, 0.1) is 0 Å². The molecule has 0 bridgehead atoms. The molecule has 27 heavy (non-hydrogen) atoms. The number of imidazole rings is 1. The van der Waals surface area contributed by atoms with E-state index in [9.17, 15) is 13.2 Å². The second-order valence-corrected chi connectivity index (χ2v) is 6.48. The number of aromatic nitrogens is 6. The Morgan fingerprint density at radius 2 is 1.89 bits per heavy atom. The number of hydrogen-bond donors (Lipinski definition) is 1. The van der Waals surface area contributed by atoms with Gasteiger partial charge in [-0.05, 0) is 37.1 Å². The van der Waals surface area contributed by atoms with Gasteiger partial charge in [0.05, 0.1) is 17.6 Å². The average molecular weight is 373 g/mol. The molecule has 3 heterocycles. The molecule has 0 atom stereocenters. The van der Waals surface area contributed by atoms with E-state index in [2.05, 4.69) is 30.2 Å². The number of benzene rings is 1. The van der Waals surface area contributed by atoms with Gasteiger partial charge < -0.3 is 9.88 Å². The van der Waals surface area contributed by atoms with Gasteiger partial charge in [0.25, 0.3) is 5.82 Å². The molecule has 0 aliphatic heterocycles. The lowest BCUT2D eigenvalue weighted by atomic mass is 10.3. The van der Waals surface area contributed by atoms with Crippen LogP contribution in [-0.4, -0.2) is 29.4 Å². The molecule has 0 saturated heterocycles. The van der Waals surface area contributed by atoms with Crippen molar-refractivity contribution in [2.75, 3.05) is 5.32 Å². The molecule has 1 N–H and O–H groups in total. The number of hydrogen-bond acceptors (Lipinski definition) is 5. The molecule has 5 rings (SSSR count). The van der Waals surface area contributed by atoms with E-state index in [1.807, 2.05) is 24.3 Å². The summed E-state index contributed by atoms with van der Waals surface area (Å²) in [5.74, 6) is -0.0195. The number of rotatable bonds is 4. The Morgan fingerprint density at radius 3 is 2.67 bits per heavy atom. The molecule has 1 fully saturated rings. The minimum atomic E-state index is -4.62. The first kappa shape index (κ1) is 16.0. The molecule has 0 amide bonds. The van der Waals surface area contributed by atoms with Gasteiger partial charge in [0.1, 0.15) is 11.6 Å². The predicted molar refractivity (Wildman–Crippen MR) is 91.1 cm³/mol. The Bertz CT molecular complexity index is 1140. The van der Waals surface area contributed by atoms with E-state index in [4.69, 9.17) is 0 Å². The maximum Gasteiger partial charge on any atom is 0.453 e. The van der Waals surface area contributed by atoms with Crippen LogP contribution in [0.15, 0.2) is 36.4 Å². The van der Waals surface area contributed by atoms with Crippen molar-refractivity contribution in [3.05, 3.63) is 48.0 Å². The van der Waals surface area contributed by atoms with Gasteiger partial charge in [0.2, 0.25) is 0 Å². The van der Waals surface area contributed by atoms with Crippen LogP contribution in [0.25, 0.3) is 16.7 Å². The van der Waals surface area contributed by atoms with Crippen molar-refractivity contribution < 1.29 is 13.2 Å². The molecular formula is C17H14F3N7. The normalized spacial score (nSPS) is 14.9. The molecule has 1 aliphatic rings. The van der Waals surface area contributed by atoms with Crippen LogP contribution in [0.5, 0.6) is 0 Å². The van der Waals surface area contributed by atoms with E-state index in [1.165, 1.54) is 6.07 Å². The van der Waals surface area contributed by atoms with Crippen molar-refractivity contribution in [1.82, 2.24) is 29.4 Å². The van der Waals surface area contributed by atoms with E-state index in [-0.39, 0.29) is 5.65 Å². The molecule has 3 aromatic heterocycles. The van der Waals surface area contributed by atoms with Gasteiger partial charge in [0, 0.05) is 6.04 Å². The summed E-state index contributed by atoms with van der Waals surface area (Å²) in [5.41, 5.74) is 2.01. The molecule has 138 valence electrons. The molecule has 0 spiro atoms. The lowest BCUT2D eigenvalue weighted by molar-refractivity contribution is -0.146. The Labute approximate surface area is 150 Å². The molecule has 1 aromatic carbocycles. The third-order valence-corrected chi connectivity index (χ3v) is 4.52. The lowest BCUT2D eigenvalue weighted by Gasteiger charge is -2.10. The zero-order valence-electron chi connectivity index (χ0n) is 14.0. The largest absolute Gasteiger partial charge is 0.453 e. The highest BCUT2D eigenvalue weighted by Crippen LogP contribution is 2.38. The summed E-state index contributed by atoms with van der Waals surface area (Å²) >= 11 is 0. The monoisotopic (exact) mass is 373 g/mol. The topological polar surface area (TPSA) is 72.9 Å². The minimum absolute atomic E-state index is 0.0399. The molecule has 4 aromatic rings. The van der Waals surface area contributed by atoms with Gasteiger partial charge in [-0.1, -0.05) is 12.1 Å². The first-order chi connectivity index (χ1) is 13.0. The van der Waals surface area contributed by atoms with Crippen molar-refractivity contribution >= 4 is 22.5 Å². The summed E-state index contributed by atoms with van der Waals surface area (Å²) in [6.07, 6.45) is -2.41. The molecular weight excluding hydrogens is 359 g/mol. The summed E-state index contributed by atoms with van der Waals surface area (Å²) < 4.78 is 41.9. The zero-order valence-corrected chi connectivity index (χ0v) is 14.0. The van der Waals surface area contributed by atoms with E-state index in [0.29, 0.717) is 22.9 Å². The van der Waals surface area contributed by atoms with Gasteiger partial charge in [-0.2, -0.15) is 17.7 Å². The van der Waals surface area contributed by atoms with Crippen LogP contribution in [0.1, 0.15) is 30.5 Å². The Balaban J connectivity index is 1.47. The number of para-hydroxylation sites is 2. The standard InChI is InChI=1S/C17H14F3N7/c18-17(19,20)16-24-23-14-8-7-13(25-27(14)16)21-9-15-22-11-3-1-2-4-12(11)26(15)10-5-6-10/h1-4,7-8,10H,5-6,9H2,(H,21,25). The fourth-order valence-corrected chi connectivity index (χ4v) is 3.19. The number of anilines is 1. The van der Waals surface area contributed by atoms with E-state index < -0.39 is 12.0 Å². The predicted octanol–water partition coefficient (Wildman–Crippen LogP) is 3.44. The fraction of sp³-hybridized carbons (Fsp3) is 0.294. The van der Waals surface area contributed by atoms with Crippen LogP contribution in [-0.2, 0) is 12.7 Å². The SMILES string of the molecule is FC(F)(F)c1nnc2ccc(NCc3nc4ccccc4n3C3CC3)nn12. The second kappa shape index (κ2) is 5.66. The molecule has 0 unspecified atom stereocenters. The van der Waals surface area contributed by atoms with Crippen molar-refractivity contribution in [1.29, 1.82) is 0 Å². The van der Waals surface area contributed by atoms with E-state index in [1.54, 1.807) is 6.07 Å². The molecule has 0 radical (unpaired) electrons. The number of alkyl halides is 3. The Morgan fingerprint density at radius 1 is 1.07 bits per heavy atom. The van der Waals surface area contributed by atoms with Crippen LogP contribution in [0.3, 0.4) is 0 Å². The number of nitrogens with one attached hydrogen (secondary N) is 1. The third kappa shape index (κ3) is 2.77. The summed E-state index contributed by atoms with van der Waals surface area (Å²) in [6.45, 7) is 0.354. The van der Waals surface area contributed by atoms with Crippen molar-refractivity contribution in [3.63, 3.8) is 0 Å². The fourth-order valence-electron chi connectivity index (χ4n) is 3.19.